The summed E-state index contributed by atoms with van der Waals surface area (Å²) in [4.78, 5) is 21.2. The van der Waals surface area contributed by atoms with E-state index in [9.17, 15) is 4.79 Å². The number of nitrogens with one attached hydrogen (secondary N) is 1. The van der Waals surface area contributed by atoms with E-state index in [1.165, 1.54) is 16.8 Å². The summed E-state index contributed by atoms with van der Waals surface area (Å²) in [6.45, 7) is 4.61. The minimum Gasteiger partial charge on any atom is -0.494 e. The summed E-state index contributed by atoms with van der Waals surface area (Å²) < 4.78 is 10.3. The fourth-order valence-electron chi connectivity index (χ4n) is 7.40. The Hall–Kier alpha value is -4.36. The molecule has 1 amide bonds. The van der Waals surface area contributed by atoms with Crippen LogP contribution >= 0.6 is 0 Å². The van der Waals surface area contributed by atoms with Gasteiger partial charge in [0, 0.05) is 61.8 Å². The van der Waals surface area contributed by atoms with Crippen molar-refractivity contribution < 1.29 is 9.53 Å². The monoisotopic (exact) mass is 573 g/mol. The average Bonchev–Trinajstić information content (AvgIpc) is 3.81. The van der Waals surface area contributed by atoms with E-state index in [2.05, 4.69) is 87.1 Å². The van der Waals surface area contributed by atoms with Gasteiger partial charge in [0.05, 0.1) is 12.6 Å². The molecule has 2 bridgehead atoms. The van der Waals surface area contributed by atoms with Crippen LogP contribution in [0.5, 0.6) is 5.75 Å². The second-order valence-corrected chi connectivity index (χ2v) is 11.9. The lowest BCUT2D eigenvalue weighted by Crippen LogP contribution is -2.43. The number of benzene rings is 3. The van der Waals surface area contributed by atoms with Crippen molar-refractivity contribution in [2.45, 2.75) is 51.4 Å². The van der Waals surface area contributed by atoms with Crippen LogP contribution in [0.15, 0.2) is 85.1 Å². The lowest BCUT2D eigenvalue weighted by Gasteiger charge is -2.28. The Kier molecular flexibility index (Phi) is 7.27. The summed E-state index contributed by atoms with van der Waals surface area (Å²) in [5, 5.41) is 3.77. The summed E-state index contributed by atoms with van der Waals surface area (Å²) in [7, 11) is 3.70. The van der Waals surface area contributed by atoms with Crippen molar-refractivity contribution in [2.24, 2.45) is 13.0 Å². The molecule has 5 aromatic rings. The number of hydrogen-bond donors (Lipinski definition) is 1. The number of methoxy groups -OCH3 is 1. The smallest absolute Gasteiger partial charge is 0.254 e. The minimum absolute atomic E-state index is 0.0642. The second-order valence-electron chi connectivity index (χ2n) is 11.9. The maximum absolute atomic E-state index is 14.0. The number of carbonyl (C=O) groups is 1. The number of hydrogen-bond acceptors (Lipinski definition) is 4. The number of aromatic nitrogens is 3. The lowest BCUT2D eigenvalue weighted by atomic mass is 10.1. The number of imidazole rings is 1. The molecule has 7 heteroatoms. The molecule has 2 aromatic heterocycles. The highest BCUT2D eigenvalue weighted by molar-refractivity contribution is 6.00. The van der Waals surface area contributed by atoms with Crippen molar-refractivity contribution in [2.75, 3.05) is 13.7 Å². The van der Waals surface area contributed by atoms with E-state index in [1.807, 2.05) is 31.3 Å². The van der Waals surface area contributed by atoms with E-state index in [1.54, 1.807) is 7.11 Å². The fourth-order valence-corrected chi connectivity index (χ4v) is 7.40. The molecule has 2 fully saturated rings. The van der Waals surface area contributed by atoms with Gasteiger partial charge in [-0.2, -0.15) is 0 Å². The van der Waals surface area contributed by atoms with Crippen LogP contribution in [0.3, 0.4) is 0 Å². The first-order chi connectivity index (χ1) is 21.1. The van der Waals surface area contributed by atoms with E-state index >= 15 is 0 Å². The molecular weight excluding hydrogens is 534 g/mol. The van der Waals surface area contributed by atoms with Gasteiger partial charge in [0.25, 0.3) is 5.91 Å². The van der Waals surface area contributed by atoms with Crippen molar-refractivity contribution in [1.29, 1.82) is 0 Å². The third kappa shape index (κ3) is 4.91. The number of nitrogens with zero attached hydrogens (tertiary/aromatic N) is 4. The molecule has 3 atom stereocenters. The first-order valence-electron chi connectivity index (χ1n) is 15.4. The van der Waals surface area contributed by atoms with E-state index in [0.717, 1.165) is 61.3 Å². The quantitative estimate of drug-likeness (QED) is 0.233. The van der Waals surface area contributed by atoms with E-state index < -0.39 is 0 Å². The van der Waals surface area contributed by atoms with Crippen LogP contribution in [0.1, 0.15) is 46.9 Å². The molecule has 1 aliphatic carbocycles. The normalized spacial score (nSPS) is 19.4. The van der Waals surface area contributed by atoms with E-state index in [0.29, 0.717) is 23.3 Å². The average molecular weight is 574 g/mol. The number of carbonyl (C=O) groups excluding carboxylic acids is 1. The van der Waals surface area contributed by atoms with Crippen LogP contribution in [-0.4, -0.2) is 50.7 Å². The first kappa shape index (κ1) is 27.5. The fraction of sp³-hybridized carbons (Fsp3) is 0.333. The summed E-state index contributed by atoms with van der Waals surface area (Å²) >= 11 is 0. The molecule has 1 aliphatic heterocycles. The van der Waals surface area contributed by atoms with Crippen LogP contribution in [0.2, 0.25) is 0 Å². The van der Waals surface area contributed by atoms with Gasteiger partial charge in [-0.1, -0.05) is 67.6 Å². The lowest BCUT2D eigenvalue weighted by molar-refractivity contribution is 0.0698. The highest BCUT2D eigenvalue weighted by atomic mass is 16.5. The van der Waals surface area contributed by atoms with Crippen molar-refractivity contribution in [3.8, 4) is 17.1 Å². The zero-order valence-electron chi connectivity index (χ0n) is 25.2. The molecule has 1 N–H and O–H groups in total. The molecule has 2 aliphatic rings. The first-order valence-corrected chi connectivity index (χ1v) is 15.4. The maximum Gasteiger partial charge on any atom is 0.254 e. The van der Waals surface area contributed by atoms with Crippen LogP contribution in [0.4, 0.5) is 0 Å². The topological polar surface area (TPSA) is 64.3 Å². The molecule has 0 spiro atoms. The van der Waals surface area contributed by atoms with Gasteiger partial charge in [-0.15, -0.1) is 0 Å². The van der Waals surface area contributed by atoms with Gasteiger partial charge in [0.1, 0.15) is 17.1 Å². The van der Waals surface area contributed by atoms with Gasteiger partial charge in [-0.3, -0.25) is 4.79 Å². The maximum atomic E-state index is 14.0. The number of rotatable bonds is 9. The van der Waals surface area contributed by atoms with Crippen LogP contribution < -0.4 is 10.1 Å². The molecule has 1 saturated carbocycles. The number of amides is 1. The molecule has 7 nitrogen and oxygen atoms in total. The summed E-state index contributed by atoms with van der Waals surface area (Å²) in [5.74, 6) is 2.10. The molecular formula is C36H39N5O2. The van der Waals surface area contributed by atoms with Gasteiger partial charge < -0.3 is 24.1 Å². The highest BCUT2D eigenvalue weighted by Crippen LogP contribution is 2.40. The van der Waals surface area contributed by atoms with Crippen LogP contribution in [-0.2, 0) is 26.6 Å². The van der Waals surface area contributed by atoms with Gasteiger partial charge >= 0.3 is 0 Å². The molecule has 0 radical (unpaired) electrons. The Morgan fingerprint density at radius 2 is 1.74 bits per heavy atom. The number of fused-ring (bicyclic) bond motifs is 3. The molecule has 0 unspecified atom stereocenters. The number of likely N-dealkylation sites (tertiary alicyclic amines) is 1. The zero-order valence-corrected chi connectivity index (χ0v) is 25.2. The molecule has 220 valence electrons. The Bertz CT molecular complexity index is 1760. The summed E-state index contributed by atoms with van der Waals surface area (Å²) in [5.41, 5.74) is 7.20. The van der Waals surface area contributed by atoms with Crippen molar-refractivity contribution in [3.63, 3.8) is 0 Å². The standard InChI is InChI=1S/C36H39N5O2/c1-4-30-28(17-18-40(30)22-25-13-9-6-10-14-25)35-38-29-19-27(20-32(43-3)34(29)39(35)2)36(42)41-23-26-15-16-31(41)33(26)37-21-24-11-7-5-8-12-24/h5-14,17-20,26,31,33,37H,4,15-16,21-23H2,1-3H3/t26-,31-,33-/m1/s1. The minimum atomic E-state index is 0.0642. The van der Waals surface area contributed by atoms with Crippen LogP contribution in [0, 0.1) is 5.92 Å². The van der Waals surface area contributed by atoms with E-state index in [-0.39, 0.29) is 11.9 Å². The van der Waals surface area contributed by atoms with Crippen LogP contribution in [0.25, 0.3) is 22.4 Å². The summed E-state index contributed by atoms with van der Waals surface area (Å²) in [6, 6.07) is 27.6. The highest BCUT2D eigenvalue weighted by Gasteiger charge is 2.48. The Morgan fingerprint density at radius 3 is 2.47 bits per heavy atom. The second kappa shape index (κ2) is 11.4. The SMILES string of the molecule is CCc1c(-c2nc3cc(C(=O)N4C[C@H]5CC[C@@H]4[C@@H]5NCc4ccccc4)cc(OC)c3n2C)ccn1Cc1ccccc1. The number of piperidine rings is 1. The van der Waals surface area contributed by atoms with Gasteiger partial charge in [-0.25, -0.2) is 4.98 Å². The van der Waals surface area contributed by atoms with Crippen molar-refractivity contribution in [1.82, 2.24) is 24.3 Å². The van der Waals surface area contributed by atoms with E-state index in [4.69, 9.17) is 9.72 Å². The van der Waals surface area contributed by atoms with Crippen molar-refractivity contribution >= 4 is 16.9 Å². The predicted octanol–water partition coefficient (Wildman–Crippen LogP) is 6.05. The Labute approximate surface area is 253 Å². The number of ether oxygens (including phenoxy) is 1. The molecule has 3 aromatic carbocycles. The largest absolute Gasteiger partial charge is 0.494 e. The Balaban J connectivity index is 1.17. The third-order valence-corrected chi connectivity index (χ3v) is 9.48. The van der Waals surface area contributed by atoms with Gasteiger partial charge in [0.2, 0.25) is 0 Å². The van der Waals surface area contributed by atoms with Crippen molar-refractivity contribution in [3.05, 3.63) is 107 Å². The van der Waals surface area contributed by atoms with Gasteiger partial charge in [0.15, 0.2) is 0 Å². The zero-order chi connectivity index (χ0) is 29.5. The Morgan fingerprint density at radius 1 is 1.00 bits per heavy atom. The molecule has 7 rings (SSSR count). The third-order valence-electron chi connectivity index (χ3n) is 9.48. The number of aryl methyl sites for hydroxylation is 1. The molecule has 1 saturated heterocycles. The summed E-state index contributed by atoms with van der Waals surface area (Å²) in [6.07, 6.45) is 5.24. The van der Waals surface area contributed by atoms with Gasteiger partial charge in [-0.05, 0) is 54.5 Å². The molecule has 43 heavy (non-hydrogen) atoms. The predicted molar refractivity (Wildman–Crippen MR) is 170 cm³/mol. The molecule has 3 heterocycles.